The summed E-state index contributed by atoms with van der Waals surface area (Å²) in [7, 11) is 0. The van der Waals surface area contributed by atoms with Crippen LogP contribution in [0.3, 0.4) is 0 Å². The number of carbonyl (C=O) groups is 1. The molecular weight excluding hydrogens is 265 g/mol. The van der Waals surface area contributed by atoms with Crippen molar-refractivity contribution in [1.29, 1.82) is 0 Å². The van der Waals surface area contributed by atoms with Gasteiger partial charge in [-0.15, -0.1) is 0 Å². The first-order valence-electron chi connectivity index (χ1n) is 4.65. The third-order valence-electron chi connectivity index (χ3n) is 1.98. The first-order valence-corrected chi connectivity index (χ1v) is 5.41. The van der Waals surface area contributed by atoms with Crippen molar-refractivity contribution in [3.8, 4) is 0 Å². The van der Waals surface area contributed by atoms with Gasteiger partial charge in [0.25, 0.3) is 5.91 Å². The summed E-state index contributed by atoms with van der Waals surface area (Å²) in [6.07, 6.45) is 2.82. The smallest absolute Gasteiger partial charge is 0.253 e. The van der Waals surface area contributed by atoms with Crippen LogP contribution in [-0.2, 0) is 6.54 Å². The molecule has 2 aromatic heterocycles. The van der Waals surface area contributed by atoms with Gasteiger partial charge in [-0.25, -0.2) is 4.98 Å². The van der Waals surface area contributed by atoms with E-state index < -0.39 is 0 Å². The molecule has 5 nitrogen and oxygen atoms in total. The normalized spacial score (nSPS) is 10.2. The third-order valence-corrected chi connectivity index (χ3v) is 2.49. The van der Waals surface area contributed by atoms with Gasteiger partial charge < -0.3 is 9.84 Å². The molecule has 1 amide bonds. The monoisotopic (exact) mass is 271 g/mol. The zero-order valence-electron chi connectivity index (χ0n) is 8.48. The van der Waals surface area contributed by atoms with Gasteiger partial charge in [0.2, 0.25) is 0 Å². The molecule has 0 aliphatic carbocycles. The van der Waals surface area contributed by atoms with Crippen LogP contribution < -0.4 is 5.32 Å². The number of nitrogens with one attached hydrogen (secondary N) is 1. The van der Waals surface area contributed by atoms with E-state index in [0.29, 0.717) is 5.76 Å². The molecule has 0 saturated carbocycles. The lowest BCUT2D eigenvalue weighted by molar-refractivity contribution is 0.0947. The van der Waals surface area contributed by atoms with Gasteiger partial charge in [-0.3, -0.25) is 4.79 Å². The van der Waals surface area contributed by atoms with Gasteiger partial charge in [0.1, 0.15) is 5.15 Å². The molecule has 17 heavy (non-hydrogen) atoms. The molecule has 0 atom stereocenters. The van der Waals surface area contributed by atoms with Gasteiger partial charge in [-0.1, -0.05) is 28.4 Å². The molecule has 0 bridgehead atoms. The fourth-order valence-corrected chi connectivity index (χ4v) is 1.53. The Hall–Kier alpha value is -1.59. The van der Waals surface area contributed by atoms with Crippen molar-refractivity contribution in [3.63, 3.8) is 0 Å². The zero-order chi connectivity index (χ0) is 12.3. The van der Waals surface area contributed by atoms with E-state index in [1.807, 2.05) is 0 Å². The highest BCUT2D eigenvalue weighted by Gasteiger charge is 2.11. The van der Waals surface area contributed by atoms with E-state index in [4.69, 9.17) is 27.7 Å². The molecule has 0 saturated heterocycles. The molecule has 7 heteroatoms. The van der Waals surface area contributed by atoms with Crippen molar-refractivity contribution < 1.29 is 9.32 Å². The van der Waals surface area contributed by atoms with E-state index in [1.54, 1.807) is 6.07 Å². The highest BCUT2D eigenvalue weighted by molar-refractivity contribution is 6.35. The second-order valence-corrected chi connectivity index (χ2v) is 3.94. The molecule has 2 rings (SSSR count). The molecule has 0 spiro atoms. The first kappa shape index (κ1) is 11.9. The van der Waals surface area contributed by atoms with Crippen LogP contribution in [0.1, 0.15) is 16.1 Å². The van der Waals surface area contributed by atoms with Crippen LogP contribution >= 0.6 is 23.2 Å². The third kappa shape index (κ3) is 2.95. The zero-order valence-corrected chi connectivity index (χ0v) is 10.00. The summed E-state index contributed by atoms with van der Waals surface area (Å²) >= 11 is 11.5. The minimum Gasteiger partial charge on any atom is -0.360 e. The van der Waals surface area contributed by atoms with Crippen LogP contribution in [0.15, 0.2) is 29.0 Å². The Morgan fingerprint density at radius 3 is 3.00 bits per heavy atom. The SMILES string of the molecule is O=C(NCc1ccno1)c1cc(Cl)ncc1Cl. The fourth-order valence-electron chi connectivity index (χ4n) is 1.18. The van der Waals surface area contributed by atoms with Crippen molar-refractivity contribution in [1.82, 2.24) is 15.5 Å². The number of pyridine rings is 1. The van der Waals surface area contributed by atoms with Crippen LogP contribution in [0.2, 0.25) is 10.2 Å². The Labute approximate surface area is 107 Å². The first-order chi connectivity index (χ1) is 8.16. The van der Waals surface area contributed by atoms with E-state index in [-0.39, 0.29) is 28.2 Å². The molecule has 0 aliphatic rings. The lowest BCUT2D eigenvalue weighted by atomic mass is 10.2. The molecule has 88 valence electrons. The second-order valence-electron chi connectivity index (χ2n) is 3.15. The van der Waals surface area contributed by atoms with E-state index >= 15 is 0 Å². The Kier molecular flexibility index (Phi) is 3.61. The number of nitrogens with zero attached hydrogens (tertiary/aromatic N) is 2. The summed E-state index contributed by atoms with van der Waals surface area (Å²) in [6, 6.07) is 3.06. The minimum atomic E-state index is -0.351. The van der Waals surface area contributed by atoms with Gasteiger partial charge in [-0.05, 0) is 6.07 Å². The summed E-state index contributed by atoms with van der Waals surface area (Å²) < 4.78 is 4.84. The van der Waals surface area contributed by atoms with Gasteiger partial charge in [0, 0.05) is 12.3 Å². The quantitative estimate of drug-likeness (QED) is 0.870. The van der Waals surface area contributed by atoms with Crippen LogP contribution in [0.25, 0.3) is 0 Å². The fraction of sp³-hybridized carbons (Fsp3) is 0.100. The van der Waals surface area contributed by atoms with Crippen LogP contribution in [-0.4, -0.2) is 16.0 Å². The number of aromatic nitrogens is 2. The van der Waals surface area contributed by atoms with Crippen molar-refractivity contribution in [3.05, 3.63) is 46.0 Å². The molecule has 0 aromatic carbocycles. The standard InChI is InChI=1S/C10H7Cl2N3O2/c11-8-5-13-9(12)3-7(8)10(16)14-4-6-1-2-15-17-6/h1-3,5H,4H2,(H,14,16). The number of rotatable bonds is 3. The minimum absolute atomic E-state index is 0.208. The number of amides is 1. The Balaban J connectivity index is 2.07. The van der Waals surface area contributed by atoms with Gasteiger partial charge in [-0.2, -0.15) is 0 Å². The summed E-state index contributed by atoms with van der Waals surface area (Å²) in [5.74, 6) is 0.199. The van der Waals surface area contributed by atoms with Crippen molar-refractivity contribution >= 4 is 29.1 Å². The highest BCUT2D eigenvalue weighted by atomic mass is 35.5. The van der Waals surface area contributed by atoms with Crippen LogP contribution in [0, 0.1) is 0 Å². The molecule has 1 N–H and O–H groups in total. The molecule has 0 aliphatic heterocycles. The van der Waals surface area contributed by atoms with Crippen LogP contribution in [0.4, 0.5) is 0 Å². The molecule has 2 aromatic rings. The number of halogens is 2. The molecule has 0 unspecified atom stereocenters. The maximum atomic E-state index is 11.8. The Bertz CT molecular complexity index is 528. The number of hydrogen-bond donors (Lipinski definition) is 1. The maximum absolute atomic E-state index is 11.8. The van der Waals surface area contributed by atoms with Crippen LogP contribution in [0.5, 0.6) is 0 Å². The summed E-state index contributed by atoms with van der Waals surface area (Å²) in [5, 5.41) is 6.59. The van der Waals surface area contributed by atoms with E-state index in [2.05, 4.69) is 15.5 Å². The molecule has 0 fully saturated rings. The maximum Gasteiger partial charge on any atom is 0.253 e. The van der Waals surface area contributed by atoms with Crippen molar-refractivity contribution in [2.45, 2.75) is 6.54 Å². The molecular formula is C10H7Cl2N3O2. The van der Waals surface area contributed by atoms with E-state index in [1.165, 1.54) is 18.5 Å². The van der Waals surface area contributed by atoms with Gasteiger partial charge in [0.05, 0.1) is 23.3 Å². The second kappa shape index (κ2) is 5.16. The lowest BCUT2D eigenvalue weighted by Crippen LogP contribution is -2.23. The topological polar surface area (TPSA) is 68.0 Å². The van der Waals surface area contributed by atoms with Gasteiger partial charge in [0.15, 0.2) is 5.76 Å². The number of hydrogen-bond acceptors (Lipinski definition) is 4. The molecule has 0 radical (unpaired) electrons. The molecule has 2 heterocycles. The highest BCUT2D eigenvalue weighted by Crippen LogP contribution is 2.17. The lowest BCUT2D eigenvalue weighted by Gasteiger charge is -2.04. The summed E-state index contributed by atoms with van der Waals surface area (Å²) in [4.78, 5) is 15.5. The summed E-state index contributed by atoms with van der Waals surface area (Å²) in [6.45, 7) is 0.231. The average molecular weight is 272 g/mol. The van der Waals surface area contributed by atoms with Crippen molar-refractivity contribution in [2.75, 3.05) is 0 Å². The Morgan fingerprint density at radius 2 is 2.29 bits per heavy atom. The van der Waals surface area contributed by atoms with Crippen molar-refractivity contribution in [2.24, 2.45) is 0 Å². The predicted octanol–water partition coefficient (Wildman–Crippen LogP) is 2.31. The van der Waals surface area contributed by atoms with E-state index in [9.17, 15) is 4.79 Å². The average Bonchev–Trinajstić information content (AvgIpc) is 2.82. The number of carbonyl (C=O) groups excluding carboxylic acids is 1. The van der Waals surface area contributed by atoms with Gasteiger partial charge >= 0.3 is 0 Å². The Morgan fingerprint density at radius 1 is 1.47 bits per heavy atom. The van der Waals surface area contributed by atoms with E-state index in [0.717, 1.165) is 0 Å². The predicted molar refractivity (Wildman–Crippen MR) is 61.9 cm³/mol. The summed E-state index contributed by atoms with van der Waals surface area (Å²) in [5.41, 5.74) is 0.270. The largest absolute Gasteiger partial charge is 0.360 e.